The van der Waals surface area contributed by atoms with E-state index in [2.05, 4.69) is 5.32 Å². The van der Waals surface area contributed by atoms with E-state index in [9.17, 15) is 44.8 Å². The molecule has 45 heavy (non-hydrogen) atoms. The van der Waals surface area contributed by atoms with Crippen molar-refractivity contribution in [2.24, 2.45) is 5.92 Å². The van der Waals surface area contributed by atoms with E-state index >= 15 is 4.39 Å². The summed E-state index contributed by atoms with van der Waals surface area (Å²) >= 11 is 18.6. The van der Waals surface area contributed by atoms with Crippen molar-refractivity contribution < 1.29 is 49.1 Å². The summed E-state index contributed by atoms with van der Waals surface area (Å²) in [5, 5.41) is 2.34. The van der Waals surface area contributed by atoms with E-state index in [1.54, 1.807) is 0 Å². The molecule has 1 aliphatic rings. The number of anilines is 1. The Morgan fingerprint density at radius 1 is 0.933 bits per heavy atom. The summed E-state index contributed by atoms with van der Waals surface area (Å²) in [6, 6.07) is 7.60. The number of hydrogen-bond acceptors (Lipinski definition) is 5. The molecule has 3 aromatic rings. The first-order valence-corrected chi connectivity index (χ1v) is 15.9. The lowest BCUT2D eigenvalue weighted by molar-refractivity contribution is -0.140. The van der Waals surface area contributed by atoms with Gasteiger partial charge in [0.1, 0.15) is 27.5 Å². The standard InChI is InChI=1S/C29H20Cl3F6NO5S/c1-45(43,44)12-16(40)11-18-21(33)6-3-14(26(18)35)9-23(41)17-10-15(4-5-20(17)30)39-27(42)25-24(28(25,31)32)13-2-7-22(34)19(8-13)29(36,37)38/h2-8,10,24-25H,9,11-12H2,1H3,(H,39,42)/t24-,25+/m0/s1. The van der Waals surface area contributed by atoms with Gasteiger partial charge >= 0.3 is 6.18 Å². The number of nitrogens with one attached hydrogen (secondary N) is 1. The summed E-state index contributed by atoms with van der Waals surface area (Å²) < 4.78 is 104. The van der Waals surface area contributed by atoms with E-state index < -0.39 is 96.8 Å². The number of sulfone groups is 1. The fraction of sp³-hybridized carbons (Fsp3) is 0.276. The predicted octanol–water partition coefficient (Wildman–Crippen LogP) is 6.88. The molecule has 0 aliphatic heterocycles. The fourth-order valence-corrected chi connectivity index (χ4v) is 6.55. The van der Waals surface area contributed by atoms with Crippen LogP contribution >= 0.6 is 34.8 Å². The molecule has 6 nitrogen and oxygen atoms in total. The molecular weight excluding hydrogens is 695 g/mol. The van der Waals surface area contributed by atoms with Crippen LogP contribution in [0.2, 0.25) is 5.02 Å². The van der Waals surface area contributed by atoms with E-state index in [4.69, 9.17) is 34.8 Å². The molecule has 2 atom stereocenters. The topological polar surface area (TPSA) is 97.4 Å². The first-order chi connectivity index (χ1) is 20.7. The second-order valence-corrected chi connectivity index (χ2v) is 14.4. The number of hydrogen-bond donors (Lipinski definition) is 1. The second-order valence-electron chi connectivity index (χ2n) is 10.4. The van der Waals surface area contributed by atoms with Gasteiger partial charge in [-0.3, -0.25) is 14.4 Å². The number of ketones is 2. The first kappa shape index (κ1) is 34.7. The molecule has 1 amide bonds. The Morgan fingerprint density at radius 2 is 1.58 bits per heavy atom. The van der Waals surface area contributed by atoms with E-state index in [0.717, 1.165) is 30.5 Å². The maximum Gasteiger partial charge on any atom is 0.419 e. The highest BCUT2D eigenvalue weighted by Crippen LogP contribution is 2.65. The van der Waals surface area contributed by atoms with Crippen molar-refractivity contribution in [3.8, 4) is 0 Å². The zero-order valence-corrected chi connectivity index (χ0v) is 25.8. The van der Waals surface area contributed by atoms with E-state index in [1.807, 2.05) is 0 Å². The number of carbonyl (C=O) groups excluding carboxylic acids is 3. The summed E-state index contributed by atoms with van der Waals surface area (Å²) in [5.41, 5.74) is -2.92. The minimum Gasteiger partial charge on any atom is -0.326 e. The van der Waals surface area contributed by atoms with Crippen molar-refractivity contribution in [2.75, 3.05) is 17.3 Å². The number of amides is 1. The van der Waals surface area contributed by atoms with Gasteiger partial charge in [-0.1, -0.05) is 23.7 Å². The summed E-state index contributed by atoms with van der Waals surface area (Å²) in [5.74, 6) is -9.75. The van der Waals surface area contributed by atoms with Crippen LogP contribution in [-0.2, 0) is 38.4 Å². The van der Waals surface area contributed by atoms with Crippen LogP contribution in [0.5, 0.6) is 0 Å². The molecule has 1 aliphatic carbocycles. The van der Waals surface area contributed by atoms with Crippen molar-refractivity contribution in [3.05, 3.63) is 98.8 Å². The van der Waals surface area contributed by atoms with Crippen LogP contribution in [0.4, 0.5) is 32.0 Å². The number of carbonyl (C=O) groups is 3. The van der Waals surface area contributed by atoms with Crippen molar-refractivity contribution >= 4 is 67.8 Å². The molecule has 4 rings (SSSR count). The van der Waals surface area contributed by atoms with Crippen LogP contribution in [0.15, 0.2) is 48.5 Å². The van der Waals surface area contributed by atoms with Gasteiger partial charge in [0.15, 0.2) is 21.4 Å². The highest BCUT2D eigenvalue weighted by molar-refractivity contribution is 7.91. The summed E-state index contributed by atoms with van der Waals surface area (Å²) in [6.45, 7) is 0. The highest BCUT2D eigenvalue weighted by atomic mass is 35.5. The van der Waals surface area contributed by atoms with E-state index in [1.165, 1.54) is 12.1 Å². The molecule has 0 spiro atoms. The van der Waals surface area contributed by atoms with Crippen LogP contribution in [0.25, 0.3) is 0 Å². The maximum absolute atomic E-state index is 15.1. The third-order valence-electron chi connectivity index (χ3n) is 6.94. The molecule has 0 unspecified atom stereocenters. The van der Waals surface area contributed by atoms with Crippen molar-refractivity contribution in [2.45, 2.75) is 29.3 Å². The lowest BCUT2D eigenvalue weighted by atomic mass is 9.98. The number of alkyl halides is 5. The molecule has 0 bridgehead atoms. The van der Waals surface area contributed by atoms with Crippen LogP contribution in [0.3, 0.4) is 0 Å². The Morgan fingerprint density at radius 3 is 2.20 bits per heavy atom. The molecule has 16 heteroatoms. The Kier molecular flexibility index (Phi) is 9.71. The van der Waals surface area contributed by atoms with Gasteiger partial charge in [-0.05, 0) is 47.5 Å². The summed E-state index contributed by atoms with van der Waals surface area (Å²) in [4.78, 5) is 38.1. The van der Waals surface area contributed by atoms with Gasteiger partial charge in [0, 0.05) is 41.8 Å². The molecule has 0 radical (unpaired) electrons. The number of Topliss-reactive ketones (excluding diaryl/α,β-unsaturated/α-hetero) is 2. The highest BCUT2D eigenvalue weighted by Gasteiger charge is 2.67. The summed E-state index contributed by atoms with van der Waals surface area (Å²) in [7, 11) is -3.75. The molecular formula is C29H20Cl3F6NO5S. The Bertz CT molecular complexity index is 1830. The number of benzene rings is 3. The van der Waals surface area contributed by atoms with Crippen molar-refractivity contribution in [1.82, 2.24) is 0 Å². The first-order valence-electron chi connectivity index (χ1n) is 12.7. The molecule has 1 fully saturated rings. The maximum atomic E-state index is 15.1. The Hall–Kier alpha value is -3.13. The van der Waals surface area contributed by atoms with Crippen LogP contribution in [-0.4, -0.2) is 42.2 Å². The molecule has 0 aromatic heterocycles. The minimum absolute atomic E-state index is 0.00995. The Labute approximate surface area is 267 Å². The zero-order chi connectivity index (χ0) is 33.6. The largest absolute Gasteiger partial charge is 0.419 e. The lowest BCUT2D eigenvalue weighted by Gasteiger charge is -2.11. The summed E-state index contributed by atoms with van der Waals surface area (Å²) in [6.07, 6.45) is -5.75. The average molecular weight is 715 g/mol. The second kappa shape index (κ2) is 12.6. The quantitative estimate of drug-likeness (QED) is 0.140. The molecule has 1 N–H and O–H groups in total. The van der Waals surface area contributed by atoms with E-state index in [-0.39, 0.29) is 27.4 Å². The van der Waals surface area contributed by atoms with Crippen LogP contribution in [0.1, 0.15) is 38.5 Å². The van der Waals surface area contributed by atoms with Crippen LogP contribution in [0, 0.1) is 23.4 Å². The van der Waals surface area contributed by atoms with Gasteiger partial charge in [-0.2, -0.15) is 13.2 Å². The fourth-order valence-electron chi connectivity index (χ4n) is 4.81. The molecule has 1 saturated carbocycles. The predicted molar refractivity (Wildman–Crippen MR) is 155 cm³/mol. The van der Waals surface area contributed by atoms with Crippen LogP contribution < -0.4 is 5.32 Å². The normalized spacial score (nSPS) is 17.6. The molecule has 0 heterocycles. The number of rotatable bonds is 10. The third kappa shape index (κ3) is 7.82. The van der Waals surface area contributed by atoms with Gasteiger partial charge in [-0.25, -0.2) is 21.6 Å². The van der Waals surface area contributed by atoms with Gasteiger partial charge in [-0.15, -0.1) is 23.2 Å². The Balaban J connectivity index is 1.52. The minimum atomic E-state index is -5.01. The molecule has 240 valence electrons. The SMILES string of the molecule is CS(=O)(=O)CC(=O)Cc1c(F)ccc(CC(=O)c2cc(NC(=O)[C@H]3[C@H](c4ccc(F)c(C(F)(F)F)c4)C3(Cl)Cl)ccc2Cl)c1F. The zero-order valence-electron chi connectivity index (χ0n) is 22.7. The van der Waals surface area contributed by atoms with Gasteiger partial charge in [0.05, 0.1) is 16.5 Å². The monoisotopic (exact) mass is 713 g/mol. The van der Waals surface area contributed by atoms with Crippen molar-refractivity contribution in [1.29, 1.82) is 0 Å². The van der Waals surface area contributed by atoms with Gasteiger partial charge in [0.2, 0.25) is 5.91 Å². The number of halogens is 9. The molecule has 3 aromatic carbocycles. The van der Waals surface area contributed by atoms with E-state index in [0.29, 0.717) is 12.1 Å². The van der Waals surface area contributed by atoms with Gasteiger partial charge in [0.25, 0.3) is 0 Å². The molecule has 0 saturated heterocycles. The smallest absolute Gasteiger partial charge is 0.326 e. The average Bonchev–Trinajstić information content (AvgIpc) is 3.49. The lowest BCUT2D eigenvalue weighted by Crippen LogP contribution is -2.19. The van der Waals surface area contributed by atoms with Crippen molar-refractivity contribution in [3.63, 3.8) is 0 Å². The third-order valence-corrected chi connectivity index (χ3v) is 9.06. The van der Waals surface area contributed by atoms with Gasteiger partial charge < -0.3 is 5.32 Å².